The van der Waals surface area contributed by atoms with Crippen molar-refractivity contribution in [2.24, 2.45) is 5.73 Å². The van der Waals surface area contributed by atoms with Crippen LogP contribution in [0.2, 0.25) is 0 Å². The Morgan fingerprint density at radius 1 is 0.636 bits per heavy atom. The Hall–Kier alpha value is -5.35. The summed E-state index contributed by atoms with van der Waals surface area (Å²) < 4.78 is 17.3. The molecular formula is C34H35N3O7. The number of aliphatic hydroxyl groups excluding tert-OH is 1. The maximum absolute atomic E-state index is 12.9. The maximum atomic E-state index is 12.9. The number of hydrogen-bond acceptors (Lipinski definition) is 7. The Labute approximate surface area is 255 Å². The second kappa shape index (κ2) is 16.3. The molecule has 4 aromatic carbocycles. The highest BCUT2D eigenvalue weighted by atomic mass is 16.5. The number of carbonyl (C=O) groups excluding carboxylic acids is 3. The number of ether oxygens (including phenoxy) is 3. The first-order chi connectivity index (χ1) is 21.4. The van der Waals surface area contributed by atoms with Crippen LogP contribution in [0.25, 0.3) is 0 Å². The highest BCUT2D eigenvalue weighted by Gasteiger charge is 2.26. The number of alkyl carbamates (subject to hydrolysis) is 1. The molecular weight excluding hydrogens is 562 g/mol. The van der Waals surface area contributed by atoms with E-state index >= 15 is 0 Å². The van der Waals surface area contributed by atoms with Crippen molar-refractivity contribution in [2.75, 3.05) is 6.61 Å². The average Bonchev–Trinajstić information content (AvgIpc) is 3.05. The van der Waals surface area contributed by atoms with E-state index in [0.717, 1.165) is 16.7 Å². The van der Waals surface area contributed by atoms with E-state index in [9.17, 15) is 19.5 Å². The van der Waals surface area contributed by atoms with Crippen molar-refractivity contribution in [2.45, 2.75) is 38.3 Å². The lowest BCUT2D eigenvalue weighted by Crippen LogP contribution is -2.54. The van der Waals surface area contributed by atoms with Gasteiger partial charge in [-0.1, -0.05) is 97.1 Å². The van der Waals surface area contributed by atoms with Crippen LogP contribution in [0.15, 0.2) is 109 Å². The van der Waals surface area contributed by atoms with Gasteiger partial charge in [0, 0.05) is 6.42 Å². The van der Waals surface area contributed by atoms with Crippen LogP contribution in [-0.4, -0.2) is 41.7 Å². The third-order valence-electron chi connectivity index (χ3n) is 6.59. The molecule has 0 aliphatic rings. The molecule has 4 rings (SSSR count). The van der Waals surface area contributed by atoms with Crippen molar-refractivity contribution in [1.29, 1.82) is 0 Å². The minimum atomic E-state index is -1.36. The molecule has 0 aliphatic carbocycles. The molecule has 44 heavy (non-hydrogen) atoms. The maximum Gasteiger partial charge on any atom is 0.408 e. The summed E-state index contributed by atoms with van der Waals surface area (Å²) in [4.78, 5) is 37.5. The summed E-state index contributed by atoms with van der Waals surface area (Å²) in [5, 5.41) is 14.6. The molecule has 0 aromatic heterocycles. The van der Waals surface area contributed by atoms with Gasteiger partial charge in [-0.3, -0.25) is 9.59 Å². The normalized spacial score (nSPS) is 11.9. The fraction of sp³-hybridized carbons (Fsp3) is 0.206. The topological polar surface area (TPSA) is 149 Å². The predicted molar refractivity (Wildman–Crippen MR) is 163 cm³/mol. The van der Waals surface area contributed by atoms with Gasteiger partial charge < -0.3 is 35.7 Å². The van der Waals surface area contributed by atoms with E-state index in [1.807, 2.05) is 66.7 Å². The van der Waals surface area contributed by atoms with Crippen LogP contribution in [0.5, 0.6) is 11.5 Å². The third kappa shape index (κ3) is 9.88. The highest BCUT2D eigenvalue weighted by Crippen LogP contribution is 2.30. The number of amides is 3. The fourth-order valence-electron chi connectivity index (χ4n) is 4.21. The van der Waals surface area contributed by atoms with Crippen molar-refractivity contribution in [3.05, 3.63) is 131 Å². The van der Waals surface area contributed by atoms with E-state index in [2.05, 4.69) is 10.6 Å². The quantitative estimate of drug-likeness (QED) is 0.163. The molecule has 0 saturated heterocycles. The molecule has 4 aromatic rings. The second-order valence-corrected chi connectivity index (χ2v) is 9.94. The number of carbonyl (C=O) groups is 3. The predicted octanol–water partition coefficient (Wildman–Crippen LogP) is 3.64. The molecule has 3 amide bonds. The Balaban J connectivity index is 1.41. The zero-order valence-corrected chi connectivity index (χ0v) is 24.1. The Morgan fingerprint density at radius 3 is 1.68 bits per heavy atom. The van der Waals surface area contributed by atoms with Gasteiger partial charge in [0.25, 0.3) is 0 Å². The lowest BCUT2D eigenvalue weighted by atomic mass is 10.0. The van der Waals surface area contributed by atoms with Crippen LogP contribution in [-0.2, 0) is 40.6 Å². The van der Waals surface area contributed by atoms with Crippen LogP contribution >= 0.6 is 0 Å². The third-order valence-corrected chi connectivity index (χ3v) is 6.59. The van der Waals surface area contributed by atoms with E-state index in [1.54, 1.807) is 42.5 Å². The number of primary amides is 1. The van der Waals surface area contributed by atoms with E-state index in [0.29, 0.717) is 23.7 Å². The van der Waals surface area contributed by atoms with Gasteiger partial charge in [0.15, 0.2) is 11.5 Å². The first kappa shape index (κ1) is 31.6. The molecule has 0 bridgehead atoms. The standard InChI is InChI=1S/C34H35N3O7/c35-32(39)28(36-33(40)29(20-38)37-34(41)44-23-26-14-8-3-9-15-26)18-27-16-17-30(42-21-24-10-4-1-5-11-24)31(19-27)43-22-25-12-6-2-7-13-25/h1-17,19,28-29,38H,18,20-23H2,(H2,35,39)(H,36,40)(H,37,41)/t28-,29+/m1/s1. The largest absolute Gasteiger partial charge is 0.485 e. The number of hydrogen-bond donors (Lipinski definition) is 4. The molecule has 0 radical (unpaired) electrons. The van der Waals surface area contributed by atoms with Gasteiger partial charge in [-0.15, -0.1) is 0 Å². The number of benzene rings is 4. The number of nitrogens with one attached hydrogen (secondary N) is 2. The molecule has 228 valence electrons. The molecule has 0 aliphatic heterocycles. The summed E-state index contributed by atoms with van der Waals surface area (Å²) in [6, 6.07) is 31.0. The number of rotatable bonds is 15. The molecule has 0 spiro atoms. The van der Waals surface area contributed by atoms with Crippen LogP contribution in [0, 0.1) is 0 Å². The van der Waals surface area contributed by atoms with Crippen molar-refractivity contribution in [1.82, 2.24) is 10.6 Å². The summed E-state index contributed by atoms with van der Waals surface area (Å²) in [6.45, 7) is -0.129. The lowest BCUT2D eigenvalue weighted by molar-refractivity contribution is -0.129. The zero-order valence-electron chi connectivity index (χ0n) is 24.1. The van der Waals surface area contributed by atoms with E-state index < -0.39 is 36.6 Å². The molecule has 0 saturated carbocycles. The molecule has 0 fully saturated rings. The van der Waals surface area contributed by atoms with E-state index in [1.165, 1.54) is 0 Å². The summed E-state index contributed by atoms with van der Waals surface area (Å²) >= 11 is 0. The van der Waals surface area contributed by atoms with Crippen LogP contribution in [0.4, 0.5) is 4.79 Å². The van der Waals surface area contributed by atoms with Crippen molar-refractivity contribution in [3.63, 3.8) is 0 Å². The minimum absolute atomic E-state index is 0.0178. The van der Waals surface area contributed by atoms with Crippen molar-refractivity contribution < 1.29 is 33.7 Å². The molecule has 0 unspecified atom stereocenters. The summed E-state index contributed by atoms with van der Waals surface area (Å²) in [7, 11) is 0. The van der Waals surface area contributed by atoms with Gasteiger partial charge in [0.2, 0.25) is 11.8 Å². The fourth-order valence-corrected chi connectivity index (χ4v) is 4.21. The number of nitrogens with two attached hydrogens (primary N) is 1. The van der Waals surface area contributed by atoms with Crippen LogP contribution in [0.3, 0.4) is 0 Å². The highest BCUT2D eigenvalue weighted by molar-refractivity contribution is 5.91. The smallest absolute Gasteiger partial charge is 0.408 e. The van der Waals surface area contributed by atoms with Gasteiger partial charge in [0.1, 0.15) is 31.9 Å². The SMILES string of the molecule is NC(=O)[C@@H](Cc1ccc(OCc2ccccc2)c(OCc2ccccc2)c1)NC(=O)[C@H](CO)NC(=O)OCc1ccccc1. The van der Waals surface area contributed by atoms with Gasteiger partial charge in [0.05, 0.1) is 6.61 Å². The Morgan fingerprint density at radius 2 is 1.16 bits per heavy atom. The van der Waals surface area contributed by atoms with Gasteiger partial charge in [-0.25, -0.2) is 4.79 Å². The number of aliphatic hydroxyl groups is 1. The van der Waals surface area contributed by atoms with Gasteiger partial charge in [-0.2, -0.15) is 0 Å². The first-order valence-corrected chi connectivity index (χ1v) is 14.1. The van der Waals surface area contributed by atoms with E-state index in [4.69, 9.17) is 19.9 Å². The first-order valence-electron chi connectivity index (χ1n) is 14.1. The zero-order chi connectivity index (χ0) is 31.1. The molecule has 10 heteroatoms. The summed E-state index contributed by atoms with van der Waals surface area (Å²) in [5.74, 6) is -0.631. The monoisotopic (exact) mass is 597 g/mol. The van der Waals surface area contributed by atoms with Crippen LogP contribution in [0.1, 0.15) is 22.3 Å². The molecule has 2 atom stereocenters. The lowest BCUT2D eigenvalue weighted by Gasteiger charge is -2.21. The summed E-state index contributed by atoms with van der Waals surface area (Å²) in [5.41, 5.74) is 8.95. The van der Waals surface area contributed by atoms with Crippen molar-refractivity contribution in [3.8, 4) is 11.5 Å². The summed E-state index contributed by atoms with van der Waals surface area (Å²) in [6.07, 6.45) is -0.872. The second-order valence-electron chi connectivity index (χ2n) is 9.94. The molecule has 0 heterocycles. The van der Waals surface area contributed by atoms with E-state index in [-0.39, 0.29) is 19.6 Å². The Bertz CT molecular complexity index is 1500. The Kier molecular flexibility index (Phi) is 11.7. The molecule has 10 nitrogen and oxygen atoms in total. The average molecular weight is 598 g/mol. The van der Waals surface area contributed by atoms with Gasteiger partial charge >= 0.3 is 6.09 Å². The molecule has 5 N–H and O–H groups in total. The van der Waals surface area contributed by atoms with Crippen molar-refractivity contribution >= 4 is 17.9 Å². The van der Waals surface area contributed by atoms with Gasteiger partial charge in [-0.05, 0) is 34.4 Å². The minimum Gasteiger partial charge on any atom is -0.485 e. The van der Waals surface area contributed by atoms with Crippen LogP contribution < -0.4 is 25.8 Å².